The molecule has 146 valence electrons. The Hall–Kier alpha value is -2.18. The average Bonchev–Trinajstić information content (AvgIpc) is 2.89. The molecule has 1 unspecified atom stereocenters. The summed E-state index contributed by atoms with van der Waals surface area (Å²) in [5.74, 6) is 2.28. The van der Waals surface area contributed by atoms with Crippen LogP contribution in [-0.4, -0.2) is 52.6 Å². The molecule has 0 bridgehead atoms. The zero-order valence-electron chi connectivity index (χ0n) is 16.5. The number of rotatable bonds is 7. The molecule has 27 heavy (non-hydrogen) atoms. The number of ether oxygens (including phenoxy) is 1. The molecular formula is C21H31N5O. The highest BCUT2D eigenvalue weighted by Crippen LogP contribution is 2.20. The van der Waals surface area contributed by atoms with E-state index in [-0.39, 0.29) is 0 Å². The average molecular weight is 370 g/mol. The van der Waals surface area contributed by atoms with Crippen LogP contribution in [0.5, 0.6) is 5.75 Å². The number of nitrogens with two attached hydrogens (primary N) is 1. The van der Waals surface area contributed by atoms with Gasteiger partial charge >= 0.3 is 0 Å². The minimum atomic E-state index is 0.538. The Kier molecular flexibility index (Phi) is 7.01. The van der Waals surface area contributed by atoms with Crippen molar-refractivity contribution in [3.8, 4) is 5.75 Å². The Labute approximate surface area is 162 Å². The fourth-order valence-electron chi connectivity index (χ4n) is 3.70. The fourth-order valence-corrected chi connectivity index (χ4v) is 3.70. The maximum Gasteiger partial charge on any atom is 0.144 e. The third kappa shape index (κ3) is 5.91. The highest BCUT2D eigenvalue weighted by molar-refractivity contribution is 5.27. The van der Waals surface area contributed by atoms with Crippen molar-refractivity contribution in [2.75, 3.05) is 32.5 Å². The minimum Gasteiger partial charge on any atom is -0.494 e. The minimum absolute atomic E-state index is 0.538. The molecule has 0 aliphatic carbocycles. The molecule has 0 spiro atoms. The van der Waals surface area contributed by atoms with Crippen molar-refractivity contribution in [2.24, 2.45) is 0 Å². The zero-order valence-corrected chi connectivity index (χ0v) is 16.5. The summed E-state index contributed by atoms with van der Waals surface area (Å²) < 4.78 is 5.53. The molecule has 1 aliphatic heterocycles. The van der Waals surface area contributed by atoms with Crippen LogP contribution in [0.2, 0.25) is 0 Å². The molecule has 2 N–H and O–H groups in total. The molecule has 0 amide bonds. The number of nitrogens with zero attached hydrogens (tertiary/aromatic N) is 4. The van der Waals surface area contributed by atoms with Crippen molar-refractivity contribution in [2.45, 2.75) is 45.3 Å². The van der Waals surface area contributed by atoms with E-state index < -0.39 is 0 Å². The monoisotopic (exact) mass is 369 g/mol. The summed E-state index contributed by atoms with van der Waals surface area (Å²) in [6, 6.07) is 10.8. The Morgan fingerprint density at radius 1 is 1.19 bits per heavy atom. The van der Waals surface area contributed by atoms with E-state index >= 15 is 0 Å². The lowest BCUT2D eigenvalue weighted by Gasteiger charge is -2.26. The summed E-state index contributed by atoms with van der Waals surface area (Å²) in [5.41, 5.74) is 7.12. The molecule has 0 radical (unpaired) electrons. The smallest absolute Gasteiger partial charge is 0.144 e. The Bertz CT molecular complexity index is 706. The predicted molar refractivity (Wildman–Crippen MR) is 108 cm³/mol. The van der Waals surface area contributed by atoms with Gasteiger partial charge in [0, 0.05) is 18.8 Å². The molecule has 6 heteroatoms. The van der Waals surface area contributed by atoms with Crippen LogP contribution in [0.4, 0.5) is 5.82 Å². The summed E-state index contributed by atoms with van der Waals surface area (Å²) in [6.45, 7) is 6.72. The van der Waals surface area contributed by atoms with E-state index in [1.807, 2.05) is 6.92 Å². The van der Waals surface area contributed by atoms with Gasteiger partial charge in [0.2, 0.25) is 0 Å². The van der Waals surface area contributed by atoms with Gasteiger partial charge in [0.1, 0.15) is 17.4 Å². The molecule has 1 saturated heterocycles. The molecule has 3 rings (SSSR count). The van der Waals surface area contributed by atoms with Gasteiger partial charge in [-0.15, -0.1) is 0 Å². The van der Waals surface area contributed by atoms with Crippen molar-refractivity contribution in [3.63, 3.8) is 0 Å². The van der Waals surface area contributed by atoms with Crippen LogP contribution >= 0.6 is 0 Å². The summed E-state index contributed by atoms with van der Waals surface area (Å²) in [6.07, 6.45) is 5.31. The van der Waals surface area contributed by atoms with Crippen LogP contribution in [0.1, 0.15) is 37.6 Å². The first-order chi connectivity index (χ1) is 13.1. The largest absolute Gasteiger partial charge is 0.494 e. The van der Waals surface area contributed by atoms with Crippen molar-refractivity contribution in [3.05, 3.63) is 47.9 Å². The van der Waals surface area contributed by atoms with Crippen LogP contribution in [-0.2, 0) is 13.1 Å². The lowest BCUT2D eigenvalue weighted by Crippen LogP contribution is -2.33. The van der Waals surface area contributed by atoms with E-state index in [4.69, 9.17) is 10.5 Å². The van der Waals surface area contributed by atoms with Gasteiger partial charge in [0.25, 0.3) is 0 Å². The molecule has 2 heterocycles. The van der Waals surface area contributed by atoms with Crippen LogP contribution in [0.15, 0.2) is 36.5 Å². The number of anilines is 1. The third-order valence-electron chi connectivity index (χ3n) is 5.17. The number of hydrogen-bond donors (Lipinski definition) is 1. The lowest BCUT2D eigenvalue weighted by molar-refractivity contribution is 0.202. The SMILES string of the molecule is CCOc1ccc(CN2CCCC(N(C)Cc3nccc(N)n3)CC2)cc1. The number of nitrogen functional groups attached to an aromatic ring is 1. The second kappa shape index (κ2) is 9.67. The predicted octanol–water partition coefficient (Wildman–Crippen LogP) is 2.94. The molecule has 1 aliphatic rings. The summed E-state index contributed by atoms with van der Waals surface area (Å²) >= 11 is 0. The maximum atomic E-state index is 5.77. The van der Waals surface area contributed by atoms with Gasteiger partial charge in [-0.25, -0.2) is 9.97 Å². The molecule has 2 aromatic rings. The van der Waals surface area contributed by atoms with Gasteiger partial charge < -0.3 is 10.5 Å². The van der Waals surface area contributed by atoms with Crippen LogP contribution in [0.25, 0.3) is 0 Å². The molecule has 6 nitrogen and oxygen atoms in total. The zero-order chi connectivity index (χ0) is 19.1. The molecule has 1 atom stereocenters. The van der Waals surface area contributed by atoms with Gasteiger partial charge in [-0.05, 0) is 70.1 Å². The lowest BCUT2D eigenvalue weighted by atomic mass is 10.1. The maximum absolute atomic E-state index is 5.77. The second-order valence-corrected chi connectivity index (χ2v) is 7.25. The van der Waals surface area contributed by atoms with Gasteiger partial charge in [-0.1, -0.05) is 12.1 Å². The van der Waals surface area contributed by atoms with Gasteiger partial charge in [-0.2, -0.15) is 0 Å². The van der Waals surface area contributed by atoms with Gasteiger partial charge in [0.15, 0.2) is 0 Å². The summed E-state index contributed by atoms with van der Waals surface area (Å²) in [4.78, 5) is 13.6. The Morgan fingerprint density at radius 2 is 2.00 bits per heavy atom. The normalized spacial score (nSPS) is 18.4. The number of likely N-dealkylation sites (tertiary alicyclic amines) is 1. The molecule has 1 aromatic carbocycles. The van der Waals surface area contributed by atoms with E-state index in [1.54, 1.807) is 12.3 Å². The highest BCUT2D eigenvalue weighted by atomic mass is 16.5. The first kappa shape index (κ1) is 19.6. The van der Waals surface area contributed by atoms with Crippen molar-refractivity contribution < 1.29 is 4.74 Å². The Morgan fingerprint density at radius 3 is 2.74 bits per heavy atom. The fraction of sp³-hybridized carbons (Fsp3) is 0.524. The molecule has 1 fully saturated rings. The third-order valence-corrected chi connectivity index (χ3v) is 5.17. The van der Waals surface area contributed by atoms with E-state index in [0.29, 0.717) is 18.5 Å². The first-order valence-electron chi connectivity index (χ1n) is 9.85. The molecule has 0 saturated carbocycles. The van der Waals surface area contributed by atoms with Crippen LogP contribution in [0, 0.1) is 0 Å². The topological polar surface area (TPSA) is 67.5 Å². The quantitative estimate of drug-likeness (QED) is 0.809. The Balaban J connectivity index is 1.50. The van der Waals surface area contributed by atoms with Crippen molar-refractivity contribution >= 4 is 5.82 Å². The van der Waals surface area contributed by atoms with Crippen molar-refractivity contribution in [1.82, 2.24) is 19.8 Å². The molecule has 1 aromatic heterocycles. The van der Waals surface area contributed by atoms with Gasteiger partial charge in [-0.3, -0.25) is 9.80 Å². The first-order valence-corrected chi connectivity index (χ1v) is 9.85. The van der Waals surface area contributed by atoms with Crippen molar-refractivity contribution in [1.29, 1.82) is 0 Å². The van der Waals surface area contributed by atoms with E-state index in [1.165, 1.54) is 18.4 Å². The number of aromatic nitrogens is 2. The van der Waals surface area contributed by atoms with Crippen LogP contribution < -0.4 is 10.5 Å². The second-order valence-electron chi connectivity index (χ2n) is 7.25. The number of hydrogen-bond acceptors (Lipinski definition) is 6. The van der Waals surface area contributed by atoms with E-state index in [2.05, 4.69) is 51.1 Å². The summed E-state index contributed by atoms with van der Waals surface area (Å²) in [5, 5.41) is 0. The van der Waals surface area contributed by atoms with E-state index in [9.17, 15) is 0 Å². The van der Waals surface area contributed by atoms with Gasteiger partial charge in [0.05, 0.1) is 13.2 Å². The van der Waals surface area contributed by atoms with E-state index in [0.717, 1.165) is 44.2 Å². The summed E-state index contributed by atoms with van der Waals surface area (Å²) in [7, 11) is 2.17. The molecular weight excluding hydrogens is 338 g/mol. The standard InChI is InChI=1S/C21H31N5O/c1-3-27-19-8-6-17(7-9-19)15-26-13-4-5-18(11-14-26)25(2)16-21-23-12-10-20(22)24-21/h6-10,12,18H,3-5,11,13-16H2,1-2H3,(H2,22,23,24). The highest BCUT2D eigenvalue weighted by Gasteiger charge is 2.21. The number of benzene rings is 1. The van der Waals surface area contributed by atoms with Crippen LogP contribution in [0.3, 0.4) is 0 Å².